The number of fused-ring (bicyclic) bond motifs is 1. The molecule has 6 heteroatoms. The van der Waals surface area contributed by atoms with Gasteiger partial charge in [-0.1, -0.05) is 30.3 Å². The fourth-order valence-electron chi connectivity index (χ4n) is 2.77. The highest BCUT2D eigenvalue weighted by atomic mass is 19.4. The standard InChI is InChI=1S/C18H14F5N/c1-17(19,20)11-24-9-8-12-6-7-13(10-16(12)24)14-4-2-3-5-15(14)18(21,22)23/h2-10H,11H2,1H3. The first-order chi connectivity index (χ1) is 11.1. The summed E-state index contributed by atoms with van der Waals surface area (Å²) in [6, 6.07) is 11.6. The summed E-state index contributed by atoms with van der Waals surface area (Å²) in [5.74, 6) is -2.91. The van der Waals surface area contributed by atoms with E-state index in [1.807, 2.05) is 0 Å². The number of benzene rings is 2. The van der Waals surface area contributed by atoms with Crippen molar-refractivity contribution in [3.8, 4) is 11.1 Å². The molecule has 0 saturated carbocycles. The molecule has 0 fully saturated rings. The number of aromatic nitrogens is 1. The Balaban J connectivity index is 2.14. The second-order valence-electron chi connectivity index (χ2n) is 5.83. The Morgan fingerprint density at radius 2 is 1.62 bits per heavy atom. The minimum Gasteiger partial charge on any atom is -0.341 e. The van der Waals surface area contributed by atoms with E-state index in [4.69, 9.17) is 0 Å². The predicted molar refractivity (Wildman–Crippen MR) is 83.0 cm³/mol. The molecule has 0 radical (unpaired) electrons. The van der Waals surface area contributed by atoms with Gasteiger partial charge < -0.3 is 4.57 Å². The normalized spacial score (nSPS) is 12.8. The van der Waals surface area contributed by atoms with E-state index in [0.29, 0.717) is 16.5 Å². The summed E-state index contributed by atoms with van der Waals surface area (Å²) in [5, 5.41) is 0.701. The third kappa shape index (κ3) is 3.27. The molecule has 3 rings (SSSR count). The van der Waals surface area contributed by atoms with Crippen LogP contribution < -0.4 is 0 Å². The quantitative estimate of drug-likeness (QED) is 0.517. The van der Waals surface area contributed by atoms with Gasteiger partial charge in [0, 0.05) is 18.6 Å². The molecule has 0 amide bonds. The molecular weight excluding hydrogens is 325 g/mol. The summed E-state index contributed by atoms with van der Waals surface area (Å²) < 4.78 is 67.5. The number of hydrogen-bond donors (Lipinski definition) is 0. The fourth-order valence-corrected chi connectivity index (χ4v) is 2.77. The molecule has 0 spiro atoms. The Morgan fingerprint density at radius 1 is 0.917 bits per heavy atom. The van der Waals surface area contributed by atoms with Gasteiger partial charge in [-0.3, -0.25) is 0 Å². The summed E-state index contributed by atoms with van der Waals surface area (Å²) in [4.78, 5) is 0. The Labute approximate surface area is 135 Å². The van der Waals surface area contributed by atoms with Gasteiger partial charge in [-0.05, 0) is 34.7 Å². The van der Waals surface area contributed by atoms with Gasteiger partial charge in [0.2, 0.25) is 0 Å². The average Bonchev–Trinajstić information content (AvgIpc) is 2.87. The highest BCUT2D eigenvalue weighted by molar-refractivity contribution is 5.86. The fraction of sp³-hybridized carbons (Fsp3) is 0.222. The maximum Gasteiger partial charge on any atom is 0.417 e. The molecule has 2 aromatic carbocycles. The zero-order valence-corrected chi connectivity index (χ0v) is 12.7. The van der Waals surface area contributed by atoms with Crippen molar-refractivity contribution in [1.82, 2.24) is 4.57 Å². The van der Waals surface area contributed by atoms with Gasteiger partial charge in [0.25, 0.3) is 5.92 Å². The van der Waals surface area contributed by atoms with Crippen molar-refractivity contribution in [1.29, 1.82) is 0 Å². The van der Waals surface area contributed by atoms with E-state index in [-0.39, 0.29) is 5.56 Å². The Kier molecular flexibility index (Phi) is 3.86. The minimum atomic E-state index is -4.48. The molecule has 0 aliphatic carbocycles. The zero-order chi connectivity index (χ0) is 17.5. The highest BCUT2D eigenvalue weighted by Crippen LogP contribution is 2.37. The Morgan fingerprint density at radius 3 is 2.29 bits per heavy atom. The monoisotopic (exact) mass is 339 g/mol. The number of nitrogens with zero attached hydrogens (tertiary/aromatic N) is 1. The summed E-state index contributed by atoms with van der Waals surface area (Å²) >= 11 is 0. The van der Waals surface area contributed by atoms with Crippen LogP contribution in [0.25, 0.3) is 22.0 Å². The molecule has 0 bridgehead atoms. The number of rotatable bonds is 3. The van der Waals surface area contributed by atoms with Crippen molar-refractivity contribution in [2.45, 2.75) is 25.6 Å². The first kappa shape index (κ1) is 16.5. The molecule has 1 nitrogen and oxygen atoms in total. The summed E-state index contributed by atoms with van der Waals surface area (Å²) in [6.45, 7) is 0.280. The molecule has 0 atom stereocenters. The zero-order valence-electron chi connectivity index (χ0n) is 12.7. The van der Waals surface area contributed by atoms with Crippen molar-refractivity contribution in [2.75, 3.05) is 0 Å². The second kappa shape index (κ2) is 5.61. The lowest BCUT2D eigenvalue weighted by Crippen LogP contribution is -2.18. The van der Waals surface area contributed by atoms with E-state index in [1.165, 1.54) is 35.0 Å². The van der Waals surface area contributed by atoms with Gasteiger partial charge in [0.15, 0.2) is 0 Å². The largest absolute Gasteiger partial charge is 0.417 e. The van der Waals surface area contributed by atoms with Crippen molar-refractivity contribution in [3.63, 3.8) is 0 Å². The second-order valence-corrected chi connectivity index (χ2v) is 5.83. The van der Waals surface area contributed by atoms with Crippen LogP contribution in [-0.4, -0.2) is 10.5 Å². The van der Waals surface area contributed by atoms with E-state index in [2.05, 4.69) is 0 Å². The van der Waals surface area contributed by atoms with Gasteiger partial charge in [-0.2, -0.15) is 13.2 Å². The molecule has 0 aliphatic heterocycles. The van der Waals surface area contributed by atoms with Gasteiger partial charge in [0.05, 0.1) is 12.1 Å². The number of halogens is 5. The molecule has 3 aromatic rings. The number of alkyl halides is 5. The molecule has 0 saturated heterocycles. The van der Waals surface area contributed by atoms with Crippen LogP contribution in [0.4, 0.5) is 22.0 Å². The Bertz CT molecular complexity index is 871. The van der Waals surface area contributed by atoms with Crippen molar-refractivity contribution in [2.24, 2.45) is 0 Å². The highest BCUT2D eigenvalue weighted by Gasteiger charge is 2.33. The smallest absolute Gasteiger partial charge is 0.341 e. The van der Waals surface area contributed by atoms with Crippen molar-refractivity contribution < 1.29 is 22.0 Å². The summed E-state index contributed by atoms with van der Waals surface area (Å²) in [7, 11) is 0. The molecule has 0 N–H and O–H groups in total. The maximum absolute atomic E-state index is 13.3. The molecule has 126 valence electrons. The third-order valence-corrected chi connectivity index (χ3v) is 3.77. The number of hydrogen-bond acceptors (Lipinski definition) is 0. The van der Waals surface area contributed by atoms with Gasteiger partial charge in [0.1, 0.15) is 0 Å². The molecular formula is C18H14F5N. The van der Waals surface area contributed by atoms with Gasteiger partial charge in [-0.15, -0.1) is 0 Å². The van der Waals surface area contributed by atoms with E-state index in [1.54, 1.807) is 18.2 Å². The topological polar surface area (TPSA) is 4.93 Å². The third-order valence-electron chi connectivity index (χ3n) is 3.77. The predicted octanol–water partition coefficient (Wildman–Crippen LogP) is 5.98. The van der Waals surface area contributed by atoms with Crippen LogP contribution in [0, 0.1) is 0 Å². The van der Waals surface area contributed by atoms with Crippen LogP contribution in [0.5, 0.6) is 0 Å². The Hall–Kier alpha value is -2.37. The van der Waals surface area contributed by atoms with Crippen LogP contribution >= 0.6 is 0 Å². The van der Waals surface area contributed by atoms with Crippen LogP contribution in [0.3, 0.4) is 0 Å². The van der Waals surface area contributed by atoms with E-state index in [0.717, 1.165) is 13.0 Å². The van der Waals surface area contributed by atoms with Crippen molar-refractivity contribution in [3.05, 3.63) is 60.3 Å². The summed E-state index contributed by atoms with van der Waals surface area (Å²) in [6.07, 6.45) is -2.97. The lowest BCUT2D eigenvalue weighted by Gasteiger charge is -2.15. The SMILES string of the molecule is CC(F)(F)Cn1ccc2ccc(-c3ccccc3C(F)(F)F)cc21. The van der Waals surface area contributed by atoms with Crippen LogP contribution in [0.1, 0.15) is 12.5 Å². The molecule has 0 unspecified atom stereocenters. The first-order valence-corrected chi connectivity index (χ1v) is 7.28. The first-order valence-electron chi connectivity index (χ1n) is 7.28. The minimum absolute atomic E-state index is 0.0305. The van der Waals surface area contributed by atoms with E-state index >= 15 is 0 Å². The molecule has 24 heavy (non-hydrogen) atoms. The summed E-state index contributed by atoms with van der Waals surface area (Å²) in [5.41, 5.74) is 0.104. The van der Waals surface area contributed by atoms with Gasteiger partial charge >= 0.3 is 6.18 Å². The van der Waals surface area contributed by atoms with Crippen molar-refractivity contribution >= 4 is 10.9 Å². The lowest BCUT2D eigenvalue weighted by atomic mass is 9.98. The van der Waals surface area contributed by atoms with E-state index in [9.17, 15) is 22.0 Å². The molecule has 1 heterocycles. The van der Waals surface area contributed by atoms with Crippen LogP contribution in [0.15, 0.2) is 54.7 Å². The molecule has 1 aromatic heterocycles. The lowest BCUT2D eigenvalue weighted by molar-refractivity contribution is -0.137. The molecule has 0 aliphatic rings. The van der Waals surface area contributed by atoms with Crippen LogP contribution in [-0.2, 0) is 12.7 Å². The van der Waals surface area contributed by atoms with Crippen LogP contribution in [0.2, 0.25) is 0 Å². The average molecular weight is 339 g/mol. The van der Waals surface area contributed by atoms with Gasteiger partial charge in [-0.25, -0.2) is 8.78 Å². The van der Waals surface area contributed by atoms with E-state index < -0.39 is 24.2 Å². The maximum atomic E-state index is 13.3.